The molecule has 1 heterocycles. The van der Waals surface area contributed by atoms with Gasteiger partial charge in [0.2, 0.25) is 11.1 Å². The van der Waals surface area contributed by atoms with Crippen LogP contribution in [0.2, 0.25) is 0 Å². The summed E-state index contributed by atoms with van der Waals surface area (Å²) in [6.07, 6.45) is 0. The van der Waals surface area contributed by atoms with Gasteiger partial charge in [0.15, 0.2) is 5.82 Å². The lowest BCUT2D eigenvalue weighted by Gasteiger charge is -2.18. The molecule has 0 fully saturated rings. The van der Waals surface area contributed by atoms with E-state index in [2.05, 4.69) is 10.2 Å². The van der Waals surface area contributed by atoms with E-state index in [1.54, 1.807) is 19.0 Å². The number of carbonyl (C=O) groups is 1. The number of aromatic nitrogens is 3. The number of hydrogen-bond acceptors (Lipinski definition) is 5. The van der Waals surface area contributed by atoms with E-state index < -0.39 is 0 Å². The van der Waals surface area contributed by atoms with E-state index in [1.165, 1.54) is 16.4 Å². The van der Waals surface area contributed by atoms with Crippen molar-refractivity contribution in [2.45, 2.75) is 43.5 Å². The van der Waals surface area contributed by atoms with Crippen LogP contribution in [0.3, 0.4) is 0 Å². The number of nitrogen functional groups attached to an aromatic ring is 1. The van der Waals surface area contributed by atoms with Crippen molar-refractivity contribution in [3.63, 3.8) is 0 Å². The van der Waals surface area contributed by atoms with Crippen molar-refractivity contribution >= 4 is 17.7 Å². The predicted molar refractivity (Wildman–Crippen MR) is 72.9 cm³/mol. The maximum Gasteiger partial charge on any atom is 0.235 e. The van der Waals surface area contributed by atoms with Crippen molar-refractivity contribution in [1.29, 1.82) is 0 Å². The minimum atomic E-state index is -0.237. The molecule has 0 aliphatic rings. The molecule has 0 bridgehead atoms. The van der Waals surface area contributed by atoms with Crippen molar-refractivity contribution < 1.29 is 4.79 Å². The third-order valence-corrected chi connectivity index (χ3v) is 3.45. The standard InChI is InChI=1S/C11H21N5OS/c1-7(8(17)15(5)6)18-10-14-13-9(16(10)12)11(2,3)4/h7H,12H2,1-6H3. The first-order chi connectivity index (χ1) is 8.14. The first-order valence-corrected chi connectivity index (χ1v) is 6.61. The second-order valence-corrected chi connectivity index (χ2v) is 6.73. The first kappa shape index (κ1) is 14.8. The van der Waals surface area contributed by atoms with Gasteiger partial charge in [-0.05, 0) is 6.92 Å². The molecule has 0 saturated heterocycles. The van der Waals surface area contributed by atoms with Crippen molar-refractivity contribution in [3.05, 3.63) is 5.82 Å². The summed E-state index contributed by atoms with van der Waals surface area (Å²) in [5.74, 6) is 6.69. The fraction of sp³-hybridized carbons (Fsp3) is 0.727. The lowest BCUT2D eigenvalue weighted by Crippen LogP contribution is -2.30. The zero-order valence-electron chi connectivity index (χ0n) is 11.8. The van der Waals surface area contributed by atoms with Crippen LogP contribution < -0.4 is 5.84 Å². The molecule has 18 heavy (non-hydrogen) atoms. The van der Waals surface area contributed by atoms with Gasteiger partial charge in [-0.3, -0.25) is 4.79 Å². The molecule has 1 unspecified atom stereocenters. The number of amides is 1. The number of thioether (sulfide) groups is 1. The second-order valence-electron chi connectivity index (χ2n) is 5.42. The van der Waals surface area contributed by atoms with E-state index in [0.717, 1.165) is 0 Å². The average molecular weight is 271 g/mol. The van der Waals surface area contributed by atoms with Gasteiger partial charge >= 0.3 is 0 Å². The highest BCUT2D eigenvalue weighted by Crippen LogP contribution is 2.26. The highest BCUT2D eigenvalue weighted by molar-refractivity contribution is 8.00. The summed E-state index contributed by atoms with van der Waals surface area (Å²) in [6, 6.07) is 0. The molecular weight excluding hydrogens is 250 g/mol. The lowest BCUT2D eigenvalue weighted by atomic mass is 9.96. The molecule has 102 valence electrons. The highest BCUT2D eigenvalue weighted by atomic mass is 32.2. The molecule has 0 aliphatic carbocycles. The topological polar surface area (TPSA) is 77.0 Å². The van der Waals surface area contributed by atoms with Crippen LogP contribution in [-0.4, -0.2) is 45.0 Å². The summed E-state index contributed by atoms with van der Waals surface area (Å²) < 4.78 is 1.46. The van der Waals surface area contributed by atoms with Gasteiger partial charge < -0.3 is 10.7 Å². The fourth-order valence-corrected chi connectivity index (χ4v) is 2.36. The van der Waals surface area contributed by atoms with Gasteiger partial charge in [-0.2, -0.15) is 0 Å². The van der Waals surface area contributed by atoms with Crippen molar-refractivity contribution in [1.82, 2.24) is 19.8 Å². The number of carbonyl (C=O) groups excluding carboxylic acids is 1. The van der Waals surface area contributed by atoms with Crippen LogP contribution in [0.15, 0.2) is 5.16 Å². The van der Waals surface area contributed by atoms with E-state index in [1.807, 2.05) is 27.7 Å². The van der Waals surface area contributed by atoms with Crippen LogP contribution in [-0.2, 0) is 10.2 Å². The zero-order chi connectivity index (χ0) is 14.1. The van der Waals surface area contributed by atoms with E-state index >= 15 is 0 Å². The summed E-state index contributed by atoms with van der Waals surface area (Å²) in [5.41, 5.74) is -0.171. The van der Waals surface area contributed by atoms with Gasteiger partial charge in [0, 0.05) is 19.5 Å². The summed E-state index contributed by atoms with van der Waals surface area (Å²) in [7, 11) is 3.46. The van der Waals surface area contributed by atoms with E-state index in [4.69, 9.17) is 5.84 Å². The van der Waals surface area contributed by atoms with E-state index in [-0.39, 0.29) is 16.6 Å². The summed E-state index contributed by atoms with van der Waals surface area (Å²) in [5, 5.41) is 8.45. The quantitative estimate of drug-likeness (QED) is 0.651. The molecule has 1 aromatic heterocycles. The van der Waals surface area contributed by atoms with Gasteiger partial charge in [0.05, 0.1) is 5.25 Å². The molecule has 2 N–H and O–H groups in total. The van der Waals surface area contributed by atoms with E-state index in [9.17, 15) is 4.79 Å². The maximum absolute atomic E-state index is 11.8. The monoisotopic (exact) mass is 271 g/mol. The largest absolute Gasteiger partial charge is 0.348 e. The number of hydrogen-bond donors (Lipinski definition) is 1. The van der Waals surface area contributed by atoms with Crippen molar-refractivity contribution in [2.75, 3.05) is 19.9 Å². The Labute approximate surface area is 112 Å². The average Bonchev–Trinajstić information content (AvgIpc) is 2.58. The highest BCUT2D eigenvalue weighted by Gasteiger charge is 2.25. The molecule has 0 aliphatic heterocycles. The van der Waals surface area contributed by atoms with Gasteiger partial charge in [-0.1, -0.05) is 32.5 Å². The summed E-state index contributed by atoms with van der Waals surface area (Å²) in [4.78, 5) is 13.3. The molecule has 1 atom stereocenters. The molecule has 0 radical (unpaired) electrons. The van der Waals surface area contributed by atoms with Crippen molar-refractivity contribution in [3.8, 4) is 0 Å². The Balaban J connectivity index is 2.88. The number of nitrogens with zero attached hydrogens (tertiary/aromatic N) is 4. The zero-order valence-corrected chi connectivity index (χ0v) is 12.6. The summed E-state index contributed by atoms with van der Waals surface area (Å²) in [6.45, 7) is 7.88. The van der Waals surface area contributed by atoms with Crippen LogP contribution in [0.1, 0.15) is 33.5 Å². The molecule has 1 aromatic rings. The van der Waals surface area contributed by atoms with Crippen LogP contribution in [0.25, 0.3) is 0 Å². The SMILES string of the molecule is CC(Sc1nnc(C(C)(C)C)n1N)C(=O)N(C)C. The van der Waals surface area contributed by atoms with Gasteiger partial charge in [0.25, 0.3) is 0 Å². The normalized spacial score (nSPS) is 13.4. The second kappa shape index (κ2) is 5.17. The molecular formula is C11H21N5OS. The Morgan fingerprint density at radius 3 is 2.33 bits per heavy atom. The molecule has 0 saturated carbocycles. The molecule has 7 heteroatoms. The van der Waals surface area contributed by atoms with Crippen molar-refractivity contribution in [2.24, 2.45) is 0 Å². The Hall–Kier alpha value is -1.24. The third kappa shape index (κ3) is 3.16. The van der Waals surface area contributed by atoms with Crippen LogP contribution >= 0.6 is 11.8 Å². The fourth-order valence-electron chi connectivity index (χ4n) is 1.44. The molecule has 1 rings (SSSR count). The van der Waals surface area contributed by atoms with Crippen LogP contribution in [0, 0.1) is 0 Å². The lowest BCUT2D eigenvalue weighted by molar-refractivity contribution is -0.127. The number of nitrogens with two attached hydrogens (primary N) is 1. The third-order valence-electron chi connectivity index (χ3n) is 2.41. The van der Waals surface area contributed by atoms with Gasteiger partial charge in [0.1, 0.15) is 0 Å². The van der Waals surface area contributed by atoms with Crippen LogP contribution in [0.5, 0.6) is 0 Å². The Morgan fingerprint density at radius 2 is 1.94 bits per heavy atom. The molecule has 6 nitrogen and oxygen atoms in total. The van der Waals surface area contributed by atoms with Gasteiger partial charge in [-0.15, -0.1) is 10.2 Å². The van der Waals surface area contributed by atoms with E-state index in [0.29, 0.717) is 11.0 Å². The molecule has 0 aromatic carbocycles. The smallest absolute Gasteiger partial charge is 0.235 e. The predicted octanol–water partition coefficient (Wildman–Crippen LogP) is 0.858. The number of rotatable bonds is 3. The Morgan fingerprint density at radius 1 is 1.39 bits per heavy atom. The minimum Gasteiger partial charge on any atom is -0.348 e. The minimum absolute atomic E-state index is 0.0281. The van der Waals surface area contributed by atoms with Gasteiger partial charge in [-0.25, -0.2) is 4.68 Å². The van der Waals surface area contributed by atoms with Crippen LogP contribution in [0.4, 0.5) is 0 Å². The molecule has 1 amide bonds. The Kier molecular flexibility index (Phi) is 4.26. The maximum atomic E-state index is 11.8. The first-order valence-electron chi connectivity index (χ1n) is 5.73. The summed E-state index contributed by atoms with van der Waals surface area (Å²) >= 11 is 1.32. The molecule has 0 spiro atoms. The Bertz CT molecular complexity index is 435.